The number of benzene rings is 1. The van der Waals surface area contributed by atoms with E-state index in [0.29, 0.717) is 5.56 Å². The second kappa shape index (κ2) is 17.0. The first-order valence-corrected chi connectivity index (χ1v) is 15.0. The minimum absolute atomic E-state index is 0.00769. The molecule has 0 saturated carbocycles. The molecule has 0 spiro atoms. The van der Waals surface area contributed by atoms with Crippen LogP contribution >= 0.6 is 0 Å². The molecule has 0 radical (unpaired) electrons. The number of imide groups is 1. The maximum Gasteiger partial charge on any atom is 0.420 e. The predicted octanol–water partition coefficient (Wildman–Crippen LogP) is 7.06. The minimum atomic E-state index is -1.12. The lowest BCUT2D eigenvalue weighted by molar-refractivity contribution is -0.118. The van der Waals surface area contributed by atoms with Crippen LogP contribution in [0.5, 0.6) is 11.6 Å². The van der Waals surface area contributed by atoms with Crippen molar-refractivity contribution in [1.29, 1.82) is 0 Å². The normalized spacial score (nSPS) is 15.3. The quantitative estimate of drug-likeness (QED) is 0.188. The number of amides is 2. The number of aromatic nitrogens is 1. The highest BCUT2D eigenvalue weighted by atomic mass is 19.1. The number of hydrogen-bond donors (Lipinski definition) is 2. The first-order valence-electron chi connectivity index (χ1n) is 15.0. The van der Waals surface area contributed by atoms with Crippen LogP contribution in [-0.2, 0) is 16.1 Å². The largest absolute Gasteiger partial charge is 0.483 e. The van der Waals surface area contributed by atoms with Gasteiger partial charge in [-0.05, 0) is 74.8 Å². The Morgan fingerprint density at radius 2 is 1.85 bits per heavy atom. The molecule has 2 aromatic rings. The molecule has 0 saturated heterocycles. The fourth-order valence-corrected chi connectivity index (χ4v) is 4.78. The van der Waals surface area contributed by atoms with Gasteiger partial charge in [0.05, 0.1) is 12.1 Å². The fourth-order valence-electron chi connectivity index (χ4n) is 4.78. The molecule has 1 aliphatic carbocycles. The van der Waals surface area contributed by atoms with E-state index in [4.69, 9.17) is 19.9 Å². The summed E-state index contributed by atoms with van der Waals surface area (Å²) in [6, 6.07) is 6.87. The summed E-state index contributed by atoms with van der Waals surface area (Å²) in [6.07, 6.45) is 15.7. The van der Waals surface area contributed by atoms with E-state index in [0.717, 1.165) is 23.8 Å². The lowest BCUT2D eigenvalue weighted by atomic mass is 9.72. The van der Waals surface area contributed by atoms with Crippen LogP contribution in [-0.4, -0.2) is 36.1 Å². The Labute approximate surface area is 269 Å². The Bertz CT molecular complexity index is 1570. The number of nitrogens with one attached hydrogen (secondary N) is 1. The highest BCUT2D eigenvalue weighted by molar-refractivity contribution is 5.93. The number of nitrogens with zero attached hydrogens (tertiary/aromatic N) is 1. The van der Waals surface area contributed by atoms with Crippen LogP contribution in [0.15, 0.2) is 95.3 Å². The van der Waals surface area contributed by atoms with Gasteiger partial charge in [0.2, 0.25) is 5.91 Å². The molecule has 1 aromatic heterocycles. The lowest BCUT2D eigenvalue weighted by Gasteiger charge is -2.32. The average Bonchev–Trinajstić information content (AvgIpc) is 3.00. The topological polar surface area (TPSA) is 130 Å². The maximum atomic E-state index is 13.3. The molecule has 1 aromatic carbocycles. The molecule has 1 heterocycles. The molecule has 3 N–H and O–H groups in total. The molecule has 0 atom stereocenters. The van der Waals surface area contributed by atoms with E-state index in [9.17, 15) is 18.8 Å². The molecule has 0 aliphatic heterocycles. The Kier molecular flexibility index (Phi) is 13.2. The zero-order valence-electron chi connectivity index (χ0n) is 27.0. The Balaban J connectivity index is 1.62. The molecule has 0 fully saturated rings. The van der Waals surface area contributed by atoms with Gasteiger partial charge in [0.15, 0.2) is 5.75 Å². The van der Waals surface area contributed by atoms with Crippen molar-refractivity contribution in [2.45, 2.75) is 60.5 Å². The standard InChI is InChI=1S/C36H42FN3O6/c1-24(11-16-30-26(3)10-7-18-36(30,4)5)8-6-9-25(2)17-19-44-34(42)28-20-31(45-23-27-12-14-29(37)15-13-27)33(39-22-28)46-35(43)40-32(41)21-38/h6,8-9,11-17,20,22H,7,10,18-19,21,23,38H2,1-5H3,(H,40,41,43). The van der Waals surface area contributed by atoms with E-state index in [1.165, 1.54) is 54.3 Å². The summed E-state index contributed by atoms with van der Waals surface area (Å²) in [6.45, 7) is 10.3. The van der Waals surface area contributed by atoms with E-state index in [-0.39, 0.29) is 35.8 Å². The summed E-state index contributed by atoms with van der Waals surface area (Å²) >= 11 is 0. The number of pyridine rings is 1. The summed E-state index contributed by atoms with van der Waals surface area (Å²) in [4.78, 5) is 40.3. The number of esters is 1. The first-order chi connectivity index (χ1) is 21.9. The van der Waals surface area contributed by atoms with Gasteiger partial charge in [-0.2, -0.15) is 0 Å². The average molecular weight is 632 g/mol. The molecule has 0 unspecified atom stereocenters. The third kappa shape index (κ3) is 11.3. The maximum absolute atomic E-state index is 13.3. The summed E-state index contributed by atoms with van der Waals surface area (Å²) < 4.78 is 29.5. The highest BCUT2D eigenvalue weighted by Gasteiger charge is 2.26. The number of carbonyl (C=O) groups is 3. The number of halogens is 1. The van der Waals surface area contributed by atoms with Gasteiger partial charge in [0.1, 0.15) is 19.0 Å². The van der Waals surface area contributed by atoms with Gasteiger partial charge in [-0.1, -0.05) is 73.1 Å². The predicted molar refractivity (Wildman–Crippen MR) is 175 cm³/mol. The zero-order chi connectivity index (χ0) is 33.7. The Hall–Kier alpha value is -4.83. The Morgan fingerprint density at radius 3 is 2.54 bits per heavy atom. The summed E-state index contributed by atoms with van der Waals surface area (Å²) in [5, 5.41) is 1.93. The number of nitrogens with two attached hydrogens (primary N) is 1. The van der Waals surface area contributed by atoms with Crippen molar-refractivity contribution < 1.29 is 33.0 Å². The van der Waals surface area contributed by atoms with Gasteiger partial charge < -0.3 is 19.9 Å². The van der Waals surface area contributed by atoms with Crippen LogP contribution in [0.2, 0.25) is 0 Å². The number of allylic oxidation sites excluding steroid dienone is 9. The van der Waals surface area contributed by atoms with Crippen molar-refractivity contribution in [3.05, 3.63) is 112 Å². The number of ether oxygens (including phenoxy) is 3. The third-order valence-electron chi connectivity index (χ3n) is 7.37. The molecule has 0 bridgehead atoms. The molecule has 46 heavy (non-hydrogen) atoms. The number of rotatable bonds is 12. The van der Waals surface area contributed by atoms with Gasteiger partial charge >= 0.3 is 12.1 Å². The Morgan fingerprint density at radius 1 is 1.11 bits per heavy atom. The van der Waals surface area contributed by atoms with Crippen LogP contribution in [0.3, 0.4) is 0 Å². The highest BCUT2D eigenvalue weighted by Crippen LogP contribution is 2.40. The van der Waals surface area contributed by atoms with Crippen molar-refractivity contribution >= 4 is 18.0 Å². The van der Waals surface area contributed by atoms with E-state index in [1.54, 1.807) is 6.08 Å². The van der Waals surface area contributed by atoms with Crippen LogP contribution in [0.4, 0.5) is 9.18 Å². The van der Waals surface area contributed by atoms with Gasteiger partial charge in [-0.15, -0.1) is 0 Å². The summed E-state index contributed by atoms with van der Waals surface area (Å²) in [5.74, 6) is -2.22. The van der Waals surface area contributed by atoms with Gasteiger partial charge in [0, 0.05) is 12.3 Å². The summed E-state index contributed by atoms with van der Waals surface area (Å²) in [5.41, 5.74) is 11.0. The van der Waals surface area contributed by atoms with Crippen LogP contribution in [0.1, 0.15) is 69.8 Å². The van der Waals surface area contributed by atoms with Gasteiger partial charge in [-0.25, -0.2) is 19.0 Å². The second-order valence-corrected chi connectivity index (χ2v) is 11.7. The van der Waals surface area contributed by atoms with E-state index in [1.807, 2.05) is 30.5 Å². The van der Waals surface area contributed by atoms with Crippen molar-refractivity contribution in [1.82, 2.24) is 10.3 Å². The van der Waals surface area contributed by atoms with Gasteiger partial charge in [-0.3, -0.25) is 10.1 Å². The molecule has 10 heteroatoms. The number of carbonyl (C=O) groups excluding carboxylic acids is 3. The SMILES string of the molecule is CC(C=CC1=C(C)CCCC1(C)C)=CC=CC(C)=CCOC(=O)c1cnc(OC(=O)NC(=O)CN)c(OCc2ccc(F)cc2)c1. The first kappa shape index (κ1) is 35.6. The van der Waals surface area contributed by atoms with E-state index >= 15 is 0 Å². The van der Waals surface area contributed by atoms with Crippen molar-refractivity contribution in [3.63, 3.8) is 0 Å². The van der Waals surface area contributed by atoms with Crippen molar-refractivity contribution in [2.24, 2.45) is 11.1 Å². The van der Waals surface area contributed by atoms with Crippen molar-refractivity contribution in [3.8, 4) is 11.6 Å². The monoisotopic (exact) mass is 631 g/mol. The second-order valence-electron chi connectivity index (χ2n) is 11.7. The molecule has 9 nitrogen and oxygen atoms in total. The number of hydrogen-bond acceptors (Lipinski definition) is 8. The molecule has 1 aliphatic rings. The van der Waals surface area contributed by atoms with E-state index < -0.39 is 30.3 Å². The third-order valence-corrected chi connectivity index (χ3v) is 7.37. The molecular formula is C36H42FN3O6. The smallest absolute Gasteiger partial charge is 0.420 e. The van der Waals surface area contributed by atoms with Gasteiger partial charge in [0.25, 0.3) is 5.88 Å². The van der Waals surface area contributed by atoms with Crippen LogP contribution in [0, 0.1) is 11.2 Å². The minimum Gasteiger partial charge on any atom is -0.483 e. The molecule has 244 valence electrons. The zero-order valence-corrected chi connectivity index (χ0v) is 27.0. The van der Waals surface area contributed by atoms with Crippen molar-refractivity contribution in [2.75, 3.05) is 13.2 Å². The summed E-state index contributed by atoms with van der Waals surface area (Å²) in [7, 11) is 0. The van der Waals surface area contributed by atoms with Crippen LogP contribution in [0.25, 0.3) is 0 Å². The molecule has 3 rings (SSSR count). The lowest BCUT2D eigenvalue weighted by Crippen LogP contribution is -2.37. The fraction of sp³-hybridized carbons (Fsp3) is 0.333. The van der Waals surface area contributed by atoms with Crippen LogP contribution < -0.4 is 20.5 Å². The molecule has 2 amide bonds. The van der Waals surface area contributed by atoms with E-state index in [2.05, 4.69) is 44.8 Å². The molecular weight excluding hydrogens is 589 g/mol.